The van der Waals surface area contributed by atoms with Gasteiger partial charge in [0.15, 0.2) is 0 Å². The molecule has 90 valence electrons. The lowest BCUT2D eigenvalue weighted by Crippen LogP contribution is -2.17. The maximum absolute atomic E-state index is 11.4. The van der Waals surface area contributed by atoms with Crippen LogP contribution in [0.3, 0.4) is 0 Å². The van der Waals surface area contributed by atoms with Crippen LogP contribution in [0.4, 0.5) is 0 Å². The Bertz CT molecular complexity index is 543. The van der Waals surface area contributed by atoms with Crippen LogP contribution >= 0.6 is 0 Å². The second-order valence-corrected chi connectivity index (χ2v) is 4.28. The van der Waals surface area contributed by atoms with Crippen molar-refractivity contribution in [2.45, 2.75) is 19.4 Å². The molecule has 0 aliphatic heterocycles. The summed E-state index contributed by atoms with van der Waals surface area (Å²) in [7, 11) is 1.37. The second-order valence-electron chi connectivity index (χ2n) is 4.28. The topological polar surface area (TPSA) is 68.1 Å². The Hall–Kier alpha value is -1.81. The van der Waals surface area contributed by atoms with Crippen molar-refractivity contribution in [1.82, 2.24) is 4.98 Å². The largest absolute Gasteiger partial charge is 0.464 e. The highest BCUT2D eigenvalue weighted by Gasteiger charge is 2.09. The number of hydrogen-bond acceptors (Lipinski definition) is 3. The van der Waals surface area contributed by atoms with E-state index in [4.69, 9.17) is 5.73 Å². The molecule has 0 aliphatic carbocycles. The van der Waals surface area contributed by atoms with Crippen LogP contribution < -0.4 is 5.73 Å². The molecule has 0 saturated carbocycles. The van der Waals surface area contributed by atoms with Crippen molar-refractivity contribution in [3.8, 4) is 0 Å². The van der Waals surface area contributed by atoms with Gasteiger partial charge in [-0.1, -0.05) is 6.07 Å². The third-order valence-corrected chi connectivity index (χ3v) is 2.65. The summed E-state index contributed by atoms with van der Waals surface area (Å²) in [5.74, 6) is -0.352. The van der Waals surface area contributed by atoms with E-state index >= 15 is 0 Å². The van der Waals surface area contributed by atoms with Gasteiger partial charge in [-0.2, -0.15) is 0 Å². The zero-order chi connectivity index (χ0) is 12.4. The second kappa shape index (κ2) is 4.59. The molecular formula is C13H16N2O2. The molecule has 0 amide bonds. The van der Waals surface area contributed by atoms with E-state index in [1.807, 2.05) is 25.1 Å². The molecule has 1 aromatic heterocycles. The van der Waals surface area contributed by atoms with Gasteiger partial charge in [0, 0.05) is 16.9 Å². The van der Waals surface area contributed by atoms with E-state index in [0.717, 1.165) is 17.3 Å². The first-order chi connectivity index (χ1) is 8.10. The lowest BCUT2D eigenvalue weighted by Gasteiger charge is -2.04. The molecule has 1 atom stereocenters. The number of carbonyl (C=O) groups excluding carboxylic acids is 1. The fourth-order valence-corrected chi connectivity index (χ4v) is 1.90. The minimum absolute atomic E-state index is 0.131. The van der Waals surface area contributed by atoms with Gasteiger partial charge in [0.25, 0.3) is 0 Å². The first-order valence-electron chi connectivity index (χ1n) is 5.55. The highest BCUT2D eigenvalue weighted by atomic mass is 16.5. The summed E-state index contributed by atoms with van der Waals surface area (Å²) in [5.41, 5.74) is 8.33. The lowest BCUT2D eigenvalue weighted by molar-refractivity contribution is 0.0595. The molecule has 0 unspecified atom stereocenters. The number of hydrogen-bond donors (Lipinski definition) is 2. The first-order valence-corrected chi connectivity index (χ1v) is 5.55. The Kier molecular flexibility index (Phi) is 3.15. The van der Waals surface area contributed by atoms with Crippen molar-refractivity contribution in [3.05, 3.63) is 35.5 Å². The van der Waals surface area contributed by atoms with Gasteiger partial charge in [-0.25, -0.2) is 4.79 Å². The Balaban J connectivity index is 2.37. The van der Waals surface area contributed by atoms with Crippen molar-refractivity contribution in [2.75, 3.05) is 7.11 Å². The molecule has 2 aromatic rings. The predicted octanol–water partition coefficient (Wildman–Crippen LogP) is 1.84. The van der Waals surface area contributed by atoms with Gasteiger partial charge in [0.2, 0.25) is 0 Å². The SMILES string of the molecule is COC(=O)c1cc2cc(C[C@@H](C)N)ccc2[nH]1. The smallest absolute Gasteiger partial charge is 0.354 e. The molecule has 17 heavy (non-hydrogen) atoms. The van der Waals surface area contributed by atoms with E-state index < -0.39 is 0 Å². The Morgan fingerprint density at radius 3 is 2.88 bits per heavy atom. The number of fused-ring (bicyclic) bond motifs is 1. The van der Waals surface area contributed by atoms with Gasteiger partial charge < -0.3 is 15.5 Å². The third kappa shape index (κ3) is 2.47. The minimum Gasteiger partial charge on any atom is -0.464 e. The minimum atomic E-state index is -0.352. The van der Waals surface area contributed by atoms with Gasteiger partial charge in [-0.3, -0.25) is 0 Å². The van der Waals surface area contributed by atoms with Crippen LogP contribution in [-0.4, -0.2) is 24.1 Å². The Labute approximate surface area is 99.8 Å². The van der Waals surface area contributed by atoms with Crippen molar-refractivity contribution < 1.29 is 9.53 Å². The van der Waals surface area contributed by atoms with Crippen molar-refractivity contribution >= 4 is 16.9 Å². The van der Waals surface area contributed by atoms with Crippen LogP contribution in [0.25, 0.3) is 10.9 Å². The summed E-state index contributed by atoms with van der Waals surface area (Å²) < 4.78 is 4.67. The Morgan fingerprint density at radius 1 is 1.47 bits per heavy atom. The normalized spacial score (nSPS) is 12.6. The summed E-state index contributed by atoms with van der Waals surface area (Å²) >= 11 is 0. The lowest BCUT2D eigenvalue weighted by atomic mass is 10.1. The molecule has 0 radical (unpaired) electrons. The van der Waals surface area contributed by atoms with E-state index in [1.165, 1.54) is 12.7 Å². The number of ether oxygens (including phenoxy) is 1. The van der Waals surface area contributed by atoms with Gasteiger partial charge >= 0.3 is 5.97 Å². The molecule has 0 saturated heterocycles. The van der Waals surface area contributed by atoms with E-state index in [1.54, 1.807) is 6.07 Å². The molecule has 4 nitrogen and oxygen atoms in total. The van der Waals surface area contributed by atoms with Crippen LogP contribution in [0.1, 0.15) is 23.0 Å². The quantitative estimate of drug-likeness (QED) is 0.793. The van der Waals surface area contributed by atoms with Gasteiger partial charge in [0.1, 0.15) is 5.69 Å². The van der Waals surface area contributed by atoms with Crippen molar-refractivity contribution in [3.63, 3.8) is 0 Å². The standard InChI is InChI=1S/C13H16N2O2/c1-8(14)5-9-3-4-11-10(6-9)7-12(15-11)13(16)17-2/h3-4,6-8,15H,5,14H2,1-2H3/t8-/m1/s1. The van der Waals surface area contributed by atoms with Gasteiger partial charge in [-0.15, -0.1) is 0 Å². The molecule has 4 heteroatoms. The highest BCUT2D eigenvalue weighted by Crippen LogP contribution is 2.18. The summed E-state index contributed by atoms with van der Waals surface area (Å²) in [5, 5.41) is 1.00. The molecular weight excluding hydrogens is 216 g/mol. The monoisotopic (exact) mass is 232 g/mol. The zero-order valence-corrected chi connectivity index (χ0v) is 9.99. The van der Waals surface area contributed by atoms with Gasteiger partial charge in [-0.05, 0) is 37.1 Å². The van der Waals surface area contributed by atoms with Crippen molar-refractivity contribution in [1.29, 1.82) is 0 Å². The average Bonchev–Trinajstić information content (AvgIpc) is 2.70. The Morgan fingerprint density at radius 2 is 2.24 bits per heavy atom. The van der Waals surface area contributed by atoms with E-state index in [0.29, 0.717) is 5.69 Å². The maximum atomic E-state index is 11.4. The van der Waals surface area contributed by atoms with Crippen LogP contribution in [0.2, 0.25) is 0 Å². The molecule has 0 spiro atoms. The molecule has 0 fully saturated rings. The number of benzene rings is 1. The van der Waals surface area contributed by atoms with E-state index in [-0.39, 0.29) is 12.0 Å². The number of nitrogens with one attached hydrogen (secondary N) is 1. The van der Waals surface area contributed by atoms with Gasteiger partial charge in [0.05, 0.1) is 7.11 Å². The van der Waals surface area contributed by atoms with Crippen LogP contribution in [0.15, 0.2) is 24.3 Å². The number of esters is 1. The number of carbonyl (C=O) groups is 1. The number of nitrogens with two attached hydrogens (primary N) is 1. The fraction of sp³-hybridized carbons (Fsp3) is 0.308. The van der Waals surface area contributed by atoms with Crippen LogP contribution in [0.5, 0.6) is 0 Å². The van der Waals surface area contributed by atoms with Crippen LogP contribution in [-0.2, 0) is 11.2 Å². The maximum Gasteiger partial charge on any atom is 0.354 e. The summed E-state index contributed by atoms with van der Waals surface area (Å²) in [6.45, 7) is 1.97. The average molecular weight is 232 g/mol. The summed E-state index contributed by atoms with van der Waals surface area (Å²) in [4.78, 5) is 14.4. The molecule has 1 aromatic carbocycles. The van der Waals surface area contributed by atoms with E-state index in [2.05, 4.69) is 9.72 Å². The zero-order valence-electron chi connectivity index (χ0n) is 9.99. The summed E-state index contributed by atoms with van der Waals surface area (Å²) in [6.07, 6.45) is 0.828. The van der Waals surface area contributed by atoms with Crippen LogP contribution in [0, 0.1) is 0 Å². The third-order valence-electron chi connectivity index (χ3n) is 2.65. The number of methoxy groups -OCH3 is 1. The summed E-state index contributed by atoms with van der Waals surface area (Å²) in [6, 6.07) is 7.95. The first kappa shape index (κ1) is 11.7. The fourth-order valence-electron chi connectivity index (χ4n) is 1.90. The van der Waals surface area contributed by atoms with Crippen molar-refractivity contribution in [2.24, 2.45) is 5.73 Å². The predicted molar refractivity (Wildman–Crippen MR) is 67.0 cm³/mol. The molecule has 2 rings (SSSR count). The number of rotatable bonds is 3. The number of aromatic nitrogens is 1. The molecule has 1 heterocycles. The highest BCUT2D eigenvalue weighted by molar-refractivity contribution is 5.94. The molecule has 0 aliphatic rings. The number of H-pyrrole nitrogens is 1. The number of aromatic amines is 1. The molecule has 0 bridgehead atoms. The van der Waals surface area contributed by atoms with E-state index in [9.17, 15) is 4.79 Å². The molecule has 3 N–H and O–H groups in total.